The molecule has 3 rings (SSSR count). The molecule has 0 spiro atoms. The number of hydrogen-bond donors (Lipinski definition) is 1. The lowest BCUT2D eigenvalue weighted by Crippen LogP contribution is -2.17. The van der Waals surface area contributed by atoms with Crippen LogP contribution in [0.2, 0.25) is 5.02 Å². The van der Waals surface area contributed by atoms with Gasteiger partial charge in [-0.3, -0.25) is 0 Å². The second-order valence-corrected chi connectivity index (χ2v) is 5.92. The quantitative estimate of drug-likeness (QED) is 0.911. The van der Waals surface area contributed by atoms with Crippen LogP contribution in [0.1, 0.15) is 17.0 Å². The van der Waals surface area contributed by atoms with Gasteiger partial charge in [0.15, 0.2) is 11.5 Å². The lowest BCUT2D eigenvalue weighted by Gasteiger charge is -2.21. The van der Waals surface area contributed by atoms with Crippen LogP contribution in [0.25, 0.3) is 0 Å². The lowest BCUT2D eigenvalue weighted by molar-refractivity contribution is 0.171. The van der Waals surface area contributed by atoms with Gasteiger partial charge in [-0.1, -0.05) is 23.7 Å². The Bertz CT molecular complexity index is 690. The van der Waals surface area contributed by atoms with Crippen LogP contribution in [0, 0.1) is 0 Å². The molecule has 0 aliphatic carbocycles. The Morgan fingerprint density at radius 1 is 1.13 bits per heavy atom. The molecule has 2 N–H and O–H groups in total. The van der Waals surface area contributed by atoms with Crippen molar-refractivity contribution in [2.24, 2.45) is 5.73 Å². The summed E-state index contributed by atoms with van der Waals surface area (Å²) in [6.45, 7) is 1.73. The highest BCUT2D eigenvalue weighted by atomic mass is 35.5. The molecule has 1 heterocycles. The summed E-state index contributed by atoms with van der Waals surface area (Å²) in [5.41, 5.74) is 8.25. The predicted octanol–water partition coefficient (Wildman–Crippen LogP) is 3.40. The topological polar surface area (TPSA) is 53.7 Å². The minimum Gasteiger partial charge on any atom is -0.495 e. The maximum atomic E-state index is 6.23. The second-order valence-electron chi connectivity index (χ2n) is 5.51. The first kappa shape index (κ1) is 16.0. The summed E-state index contributed by atoms with van der Waals surface area (Å²) in [5.74, 6) is 2.46. The fraction of sp³-hybridized carbons (Fsp3) is 0.333. The van der Waals surface area contributed by atoms with Crippen molar-refractivity contribution in [1.82, 2.24) is 0 Å². The van der Waals surface area contributed by atoms with Crippen LogP contribution in [-0.2, 0) is 6.42 Å². The van der Waals surface area contributed by atoms with Crippen LogP contribution in [0.4, 0.5) is 0 Å². The molecular formula is C18H20ClNO3. The normalized spacial score (nSPS) is 14.4. The first-order chi connectivity index (χ1) is 11.2. The summed E-state index contributed by atoms with van der Waals surface area (Å²) in [6, 6.07) is 11.9. The molecule has 1 aliphatic rings. The number of methoxy groups -OCH3 is 1. The fourth-order valence-electron chi connectivity index (χ4n) is 2.77. The Morgan fingerprint density at radius 3 is 2.61 bits per heavy atom. The Balaban J connectivity index is 1.80. The highest BCUT2D eigenvalue weighted by Gasteiger charge is 2.16. The molecular weight excluding hydrogens is 314 g/mol. The van der Waals surface area contributed by atoms with Gasteiger partial charge in [0.1, 0.15) is 19.0 Å². The van der Waals surface area contributed by atoms with Crippen LogP contribution in [0.5, 0.6) is 17.2 Å². The van der Waals surface area contributed by atoms with Crippen LogP contribution in [-0.4, -0.2) is 26.9 Å². The summed E-state index contributed by atoms with van der Waals surface area (Å²) in [4.78, 5) is 0. The van der Waals surface area contributed by atoms with Gasteiger partial charge in [0.05, 0.1) is 12.1 Å². The van der Waals surface area contributed by atoms with Crippen LogP contribution in [0.15, 0.2) is 36.4 Å². The molecule has 23 heavy (non-hydrogen) atoms. The molecule has 0 saturated carbocycles. The maximum Gasteiger partial charge on any atom is 0.161 e. The van der Waals surface area contributed by atoms with Gasteiger partial charge < -0.3 is 19.9 Å². The van der Waals surface area contributed by atoms with Gasteiger partial charge >= 0.3 is 0 Å². The number of hydrogen-bond acceptors (Lipinski definition) is 4. The molecule has 2 aromatic carbocycles. The average molecular weight is 334 g/mol. The summed E-state index contributed by atoms with van der Waals surface area (Å²) < 4.78 is 16.4. The molecule has 0 saturated heterocycles. The molecule has 0 aromatic heterocycles. The van der Waals surface area contributed by atoms with Crippen molar-refractivity contribution in [2.45, 2.75) is 12.3 Å². The average Bonchev–Trinajstić information content (AvgIpc) is 2.59. The Kier molecular flexibility index (Phi) is 4.94. The van der Waals surface area contributed by atoms with Crippen LogP contribution >= 0.6 is 11.6 Å². The maximum absolute atomic E-state index is 6.23. The van der Waals surface area contributed by atoms with Crippen molar-refractivity contribution >= 4 is 11.6 Å². The molecule has 0 fully saturated rings. The van der Waals surface area contributed by atoms with Gasteiger partial charge in [-0.25, -0.2) is 0 Å². The third kappa shape index (κ3) is 3.54. The molecule has 1 unspecified atom stereocenters. The number of halogens is 1. The van der Waals surface area contributed by atoms with E-state index in [9.17, 15) is 0 Å². The smallest absolute Gasteiger partial charge is 0.161 e. The Labute approximate surface area is 141 Å². The molecule has 2 aromatic rings. The van der Waals surface area contributed by atoms with E-state index in [1.165, 1.54) is 0 Å². The first-order valence-corrected chi connectivity index (χ1v) is 8.01. The first-order valence-electron chi connectivity index (χ1n) is 7.63. The Hall–Kier alpha value is -1.91. The van der Waals surface area contributed by atoms with Gasteiger partial charge in [0, 0.05) is 5.92 Å². The monoisotopic (exact) mass is 333 g/mol. The van der Waals surface area contributed by atoms with Gasteiger partial charge in [0.25, 0.3) is 0 Å². The summed E-state index contributed by atoms with van der Waals surface area (Å²) in [5, 5.41) is 0.602. The molecule has 0 radical (unpaired) electrons. The number of fused-ring (bicyclic) bond motifs is 1. The van der Waals surface area contributed by atoms with E-state index in [2.05, 4.69) is 6.07 Å². The van der Waals surface area contributed by atoms with E-state index in [4.69, 9.17) is 31.5 Å². The minimum absolute atomic E-state index is 0.181. The molecule has 1 atom stereocenters. The molecule has 1 aliphatic heterocycles. The van der Waals surface area contributed by atoms with E-state index in [0.717, 1.165) is 29.0 Å². The van der Waals surface area contributed by atoms with Gasteiger partial charge in [-0.2, -0.15) is 0 Å². The zero-order chi connectivity index (χ0) is 16.2. The fourth-order valence-corrected chi connectivity index (χ4v) is 3.04. The van der Waals surface area contributed by atoms with Crippen molar-refractivity contribution in [1.29, 1.82) is 0 Å². The SMILES string of the molecule is COc1ccc(C(CN)Cc2ccc3c(c2)OCCO3)cc1Cl. The third-order valence-electron chi connectivity index (χ3n) is 4.02. The largest absolute Gasteiger partial charge is 0.495 e. The molecule has 5 heteroatoms. The molecule has 0 amide bonds. The number of benzene rings is 2. The summed E-state index contributed by atoms with van der Waals surface area (Å²) >= 11 is 6.23. The summed E-state index contributed by atoms with van der Waals surface area (Å²) in [6.07, 6.45) is 0.815. The lowest BCUT2D eigenvalue weighted by atomic mass is 9.92. The standard InChI is InChI=1S/C18H20ClNO3/c1-21-16-5-3-13(10-15(16)19)14(11-20)8-12-2-4-17-18(9-12)23-7-6-22-17/h2-5,9-10,14H,6-8,11,20H2,1H3. The Morgan fingerprint density at radius 2 is 1.91 bits per heavy atom. The van der Waals surface area contributed by atoms with Crippen molar-refractivity contribution in [2.75, 3.05) is 26.9 Å². The van der Waals surface area contributed by atoms with Gasteiger partial charge in [-0.05, 0) is 48.4 Å². The van der Waals surface area contributed by atoms with Crippen LogP contribution in [0.3, 0.4) is 0 Å². The van der Waals surface area contributed by atoms with E-state index >= 15 is 0 Å². The number of nitrogens with two attached hydrogens (primary N) is 1. The van der Waals surface area contributed by atoms with Crippen LogP contribution < -0.4 is 19.9 Å². The van der Waals surface area contributed by atoms with E-state index < -0.39 is 0 Å². The molecule has 0 bridgehead atoms. The minimum atomic E-state index is 0.181. The highest BCUT2D eigenvalue weighted by Crippen LogP contribution is 2.33. The zero-order valence-electron chi connectivity index (χ0n) is 13.0. The van der Waals surface area contributed by atoms with E-state index in [0.29, 0.717) is 30.5 Å². The highest BCUT2D eigenvalue weighted by molar-refractivity contribution is 6.32. The van der Waals surface area contributed by atoms with Gasteiger partial charge in [-0.15, -0.1) is 0 Å². The van der Waals surface area contributed by atoms with Crippen molar-refractivity contribution in [3.05, 3.63) is 52.5 Å². The number of ether oxygens (including phenoxy) is 3. The molecule has 122 valence electrons. The summed E-state index contributed by atoms with van der Waals surface area (Å²) in [7, 11) is 1.61. The van der Waals surface area contributed by atoms with Gasteiger partial charge in [0.2, 0.25) is 0 Å². The number of rotatable bonds is 5. The molecule has 4 nitrogen and oxygen atoms in total. The second kappa shape index (κ2) is 7.11. The van der Waals surface area contributed by atoms with Crippen molar-refractivity contribution in [3.63, 3.8) is 0 Å². The van der Waals surface area contributed by atoms with E-state index in [1.54, 1.807) is 7.11 Å². The van der Waals surface area contributed by atoms with Crippen molar-refractivity contribution in [3.8, 4) is 17.2 Å². The third-order valence-corrected chi connectivity index (χ3v) is 4.32. The van der Waals surface area contributed by atoms with E-state index in [-0.39, 0.29) is 5.92 Å². The zero-order valence-corrected chi connectivity index (χ0v) is 13.8. The predicted molar refractivity (Wildman–Crippen MR) is 90.9 cm³/mol. The van der Waals surface area contributed by atoms with E-state index in [1.807, 2.05) is 30.3 Å². The van der Waals surface area contributed by atoms with Crippen molar-refractivity contribution < 1.29 is 14.2 Å².